The maximum atomic E-state index is 11.4. The molecule has 0 aromatic rings. The molecule has 0 aromatic heterocycles. The lowest BCUT2D eigenvalue weighted by atomic mass is 9.95. The number of rotatable bonds is 4. The van der Waals surface area contributed by atoms with Crippen LogP contribution in [0.2, 0.25) is 0 Å². The lowest BCUT2D eigenvalue weighted by molar-refractivity contribution is -0.147. The third kappa shape index (κ3) is 3.94. The highest BCUT2D eigenvalue weighted by atomic mass is 32.2. The van der Waals surface area contributed by atoms with Gasteiger partial charge in [-0.1, -0.05) is 6.08 Å². The van der Waals surface area contributed by atoms with Crippen molar-refractivity contribution in [1.82, 2.24) is 0 Å². The molecule has 0 spiro atoms. The molecule has 0 saturated carbocycles. The molecule has 5 nitrogen and oxygen atoms in total. The standard InChI is InChI=1S/C10H16O5S/c1-14-10(11)9(15-16(2,12)13)8-6-4-3-5-7-8/h6,9H,3-5,7H2,1-2H3. The van der Waals surface area contributed by atoms with E-state index in [1.165, 1.54) is 7.11 Å². The fourth-order valence-electron chi connectivity index (χ4n) is 1.64. The average Bonchev–Trinajstić information content (AvgIpc) is 2.25. The molecule has 0 aliphatic heterocycles. The molecule has 1 unspecified atom stereocenters. The maximum Gasteiger partial charge on any atom is 0.340 e. The number of esters is 1. The normalized spacial score (nSPS) is 18.8. The minimum atomic E-state index is -3.67. The van der Waals surface area contributed by atoms with E-state index < -0.39 is 22.2 Å². The van der Waals surface area contributed by atoms with E-state index in [1.54, 1.807) is 0 Å². The minimum Gasteiger partial charge on any atom is -0.467 e. The first-order valence-corrected chi connectivity index (χ1v) is 6.90. The molecule has 0 heterocycles. The van der Waals surface area contributed by atoms with Crippen LogP contribution in [-0.2, 0) is 23.8 Å². The Bertz CT molecular complexity index is 382. The van der Waals surface area contributed by atoms with Crippen LogP contribution in [0.4, 0.5) is 0 Å². The summed E-state index contributed by atoms with van der Waals surface area (Å²) >= 11 is 0. The summed E-state index contributed by atoms with van der Waals surface area (Å²) in [6.07, 6.45) is 5.18. The molecular formula is C10H16O5S. The van der Waals surface area contributed by atoms with Gasteiger partial charge in [-0.15, -0.1) is 0 Å². The van der Waals surface area contributed by atoms with Gasteiger partial charge in [-0.25, -0.2) is 4.79 Å². The zero-order valence-corrected chi connectivity index (χ0v) is 10.2. The molecule has 0 radical (unpaired) electrons. The zero-order valence-electron chi connectivity index (χ0n) is 9.43. The van der Waals surface area contributed by atoms with Crippen LogP contribution in [0.15, 0.2) is 11.6 Å². The lowest BCUT2D eigenvalue weighted by Crippen LogP contribution is -2.30. The predicted molar refractivity (Wildman–Crippen MR) is 58.3 cm³/mol. The van der Waals surface area contributed by atoms with Crippen LogP contribution in [0.25, 0.3) is 0 Å². The Morgan fingerprint density at radius 2 is 2.12 bits per heavy atom. The SMILES string of the molecule is COC(=O)C(OS(C)(=O)=O)C1=CCCCC1. The summed E-state index contributed by atoms with van der Waals surface area (Å²) in [5, 5.41) is 0. The van der Waals surface area contributed by atoms with Crippen LogP contribution in [0, 0.1) is 0 Å². The number of hydrogen-bond acceptors (Lipinski definition) is 5. The fourth-order valence-corrected chi connectivity index (χ4v) is 2.19. The summed E-state index contributed by atoms with van der Waals surface area (Å²) in [7, 11) is -2.46. The van der Waals surface area contributed by atoms with Gasteiger partial charge in [0.25, 0.3) is 10.1 Å². The van der Waals surface area contributed by atoms with Gasteiger partial charge in [-0.2, -0.15) is 8.42 Å². The molecule has 0 amide bonds. The number of ether oxygens (including phenoxy) is 1. The second-order valence-electron chi connectivity index (χ2n) is 3.73. The van der Waals surface area contributed by atoms with Crippen molar-refractivity contribution < 1.29 is 22.1 Å². The van der Waals surface area contributed by atoms with E-state index in [9.17, 15) is 13.2 Å². The molecule has 92 valence electrons. The summed E-state index contributed by atoms with van der Waals surface area (Å²) in [6, 6.07) is 0. The Labute approximate surface area is 95.6 Å². The van der Waals surface area contributed by atoms with Crippen molar-refractivity contribution >= 4 is 16.1 Å². The number of methoxy groups -OCH3 is 1. The topological polar surface area (TPSA) is 69.7 Å². The highest BCUT2D eigenvalue weighted by molar-refractivity contribution is 7.86. The number of carbonyl (C=O) groups excluding carboxylic acids is 1. The van der Waals surface area contributed by atoms with E-state index in [2.05, 4.69) is 4.74 Å². The fraction of sp³-hybridized carbons (Fsp3) is 0.700. The van der Waals surface area contributed by atoms with E-state index in [1.807, 2.05) is 6.08 Å². The third-order valence-corrected chi connectivity index (χ3v) is 2.89. The van der Waals surface area contributed by atoms with E-state index >= 15 is 0 Å². The highest BCUT2D eigenvalue weighted by Gasteiger charge is 2.29. The summed E-state index contributed by atoms with van der Waals surface area (Å²) < 4.78 is 31.4. The quantitative estimate of drug-likeness (QED) is 0.422. The predicted octanol–water partition coefficient (Wildman–Crippen LogP) is 1.00. The lowest BCUT2D eigenvalue weighted by Gasteiger charge is -2.20. The smallest absolute Gasteiger partial charge is 0.340 e. The van der Waals surface area contributed by atoms with Crippen molar-refractivity contribution in [3.05, 3.63) is 11.6 Å². The third-order valence-electron chi connectivity index (χ3n) is 2.35. The van der Waals surface area contributed by atoms with E-state index in [0.717, 1.165) is 25.5 Å². The van der Waals surface area contributed by atoms with Gasteiger partial charge in [0, 0.05) is 0 Å². The summed E-state index contributed by atoms with van der Waals surface area (Å²) in [6.45, 7) is 0. The molecule has 16 heavy (non-hydrogen) atoms. The van der Waals surface area contributed by atoms with Gasteiger partial charge in [0.1, 0.15) is 0 Å². The van der Waals surface area contributed by atoms with Crippen molar-refractivity contribution in [2.24, 2.45) is 0 Å². The monoisotopic (exact) mass is 248 g/mol. The Morgan fingerprint density at radius 1 is 1.44 bits per heavy atom. The first kappa shape index (κ1) is 13.2. The number of allylic oxidation sites excluding steroid dienone is 1. The van der Waals surface area contributed by atoms with Crippen LogP contribution in [0.5, 0.6) is 0 Å². The molecule has 0 aromatic carbocycles. The van der Waals surface area contributed by atoms with Crippen LogP contribution in [0.1, 0.15) is 25.7 Å². The largest absolute Gasteiger partial charge is 0.467 e. The number of carbonyl (C=O) groups is 1. The molecule has 1 atom stereocenters. The van der Waals surface area contributed by atoms with E-state index in [4.69, 9.17) is 4.18 Å². The van der Waals surface area contributed by atoms with Crippen LogP contribution >= 0.6 is 0 Å². The van der Waals surface area contributed by atoms with Gasteiger partial charge in [-0.05, 0) is 31.3 Å². The van der Waals surface area contributed by atoms with Crippen LogP contribution < -0.4 is 0 Å². The van der Waals surface area contributed by atoms with Crippen molar-refractivity contribution in [2.45, 2.75) is 31.8 Å². The van der Waals surface area contributed by atoms with Crippen molar-refractivity contribution in [2.75, 3.05) is 13.4 Å². The van der Waals surface area contributed by atoms with Gasteiger partial charge >= 0.3 is 5.97 Å². The average molecular weight is 248 g/mol. The zero-order chi connectivity index (χ0) is 12.2. The Balaban J connectivity index is 2.86. The molecule has 1 rings (SSSR count). The molecular weight excluding hydrogens is 232 g/mol. The maximum absolute atomic E-state index is 11.4. The Kier molecular flexibility index (Phi) is 4.49. The second kappa shape index (κ2) is 5.45. The highest BCUT2D eigenvalue weighted by Crippen LogP contribution is 2.23. The van der Waals surface area contributed by atoms with Crippen molar-refractivity contribution in [1.29, 1.82) is 0 Å². The first-order valence-electron chi connectivity index (χ1n) is 5.09. The molecule has 6 heteroatoms. The van der Waals surface area contributed by atoms with Crippen molar-refractivity contribution in [3.8, 4) is 0 Å². The molecule has 1 aliphatic rings. The van der Waals surface area contributed by atoms with Crippen molar-refractivity contribution in [3.63, 3.8) is 0 Å². The van der Waals surface area contributed by atoms with Crippen LogP contribution in [0.3, 0.4) is 0 Å². The number of hydrogen-bond donors (Lipinski definition) is 0. The molecule has 0 N–H and O–H groups in total. The first-order chi connectivity index (χ1) is 7.44. The van der Waals surface area contributed by atoms with Gasteiger partial charge in [0.05, 0.1) is 13.4 Å². The summed E-state index contributed by atoms with van der Waals surface area (Å²) in [5.74, 6) is -0.668. The molecule has 0 bridgehead atoms. The second-order valence-corrected chi connectivity index (χ2v) is 5.33. The van der Waals surface area contributed by atoms with E-state index in [-0.39, 0.29) is 0 Å². The molecule has 1 aliphatic carbocycles. The Morgan fingerprint density at radius 3 is 2.56 bits per heavy atom. The van der Waals surface area contributed by atoms with Gasteiger partial charge in [0.15, 0.2) is 6.10 Å². The molecule has 0 saturated heterocycles. The van der Waals surface area contributed by atoms with Gasteiger partial charge in [-0.3, -0.25) is 4.18 Å². The summed E-state index contributed by atoms with van der Waals surface area (Å²) in [5.41, 5.74) is 0.698. The minimum absolute atomic E-state index is 0.668. The van der Waals surface area contributed by atoms with E-state index in [0.29, 0.717) is 12.0 Å². The summed E-state index contributed by atoms with van der Waals surface area (Å²) in [4.78, 5) is 11.4. The van der Waals surface area contributed by atoms with Crippen LogP contribution in [-0.4, -0.2) is 33.9 Å². The Hall–Kier alpha value is -0.880. The van der Waals surface area contributed by atoms with Gasteiger partial charge in [0.2, 0.25) is 0 Å². The van der Waals surface area contributed by atoms with Gasteiger partial charge < -0.3 is 4.74 Å². The molecule has 0 fully saturated rings.